The number of carbonyl (C=O) groups is 1. The summed E-state index contributed by atoms with van der Waals surface area (Å²) >= 11 is 0. The molecule has 0 spiro atoms. The van der Waals surface area contributed by atoms with Gasteiger partial charge in [-0.2, -0.15) is 0 Å². The van der Waals surface area contributed by atoms with Gasteiger partial charge in [0.1, 0.15) is 0 Å². The van der Waals surface area contributed by atoms with Gasteiger partial charge < -0.3 is 4.74 Å². The van der Waals surface area contributed by atoms with Gasteiger partial charge in [-0.25, -0.2) is 4.98 Å². The lowest BCUT2D eigenvalue weighted by Crippen LogP contribution is -2.04. The first-order valence-corrected chi connectivity index (χ1v) is 9.85. The fourth-order valence-electron chi connectivity index (χ4n) is 4.11. The minimum absolute atomic E-state index is 0.0425. The van der Waals surface area contributed by atoms with Gasteiger partial charge in [0.05, 0.1) is 12.6 Å². The van der Waals surface area contributed by atoms with Crippen LogP contribution in [0.1, 0.15) is 32.6 Å². The van der Waals surface area contributed by atoms with Crippen molar-refractivity contribution in [3.63, 3.8) is 0 Å². The zero-order chi connectivity index (χ0) is 20.0. The van der Waals surface area contributed by atoms with Gasteiger partial charge >= 0.3 is 0 Å². The number of ketones is 1. The van der Waals surface area contributed by atoms with E-state index in [-0.39, 0.29) is 5.78 Å². The Bertz CT molecular complexity index is 1270. The average Bonchev–Trinajstić information content (AvgIpc) is 2.77. The SMILES string of the molecule is COc1cc2c3cc(ccc3n1)C(=O)c1ccc(C)c(c1)CCc1cccc-2c1. The molecule has 142 valence electrons. The Morgan fingerprint density at radius 2 is 1.69 bits per heavy atom. The molecule has 29 heavy (non-hydrogen) atoms. The molecule has 4 aromatic rings. The monoisotopic (exact) mass is 379 g/mol. The molecule has 0 atom stereocenters. The molecule has 0 amide bonds. The average molecular weight is 379 g/mol. The summed E-state index contributed by atoms with van der Waals surface area (Å²) in [5, 5.41) is 0.959. The lowest BCUT2D eigenvalue weighted by molar-refractivity contribution is 0.103. The van der Waals surface area contributed by atoms with Gasteiger partial charge in [0.25, 0.3) is 0 Å². The highest BCUT2D eigenvalue weighted by molar-refractivity contribution is 6.11. The van der Waals surface area contributed by atoms with Crippen LogP contribution in [-0.4, -0.2) is 17.9 Å². The minimum atomic E-state index is 0.0425. The van der Waals surface area contributed by atoms with Crippen molar-refractivity contribution in [1.29, 1.82) is 0 Å². The molecular weight excluding hydrogens is 358 g/mol. The first-order valence-electron chi connectivity index (χ1n) is 9.85. The Hall–Kier alpha value is -3.46. The molecule has 3 heteroatoms. The van der Waals surface area contributed by atoms with Crippen LogP contribution in [-0.2, 0) is 12.8 Å². The van der Waals surface area contributed by atoms with E-state index in [0.717, 1.165) is 40.4 Å². The van der Waals surface area contributed by atoms with Crippen molar-refractivity contribution in [2.75, 3.05) is 7.11 Å². The molecule has 0 aliphatic heterocycles. The second kappa shape index (κ2) is 6.85. The van der Waals surface area contributed by atoms with E-state index >= 15 is 0 Å². The summed E-state index contributed by atoms with van der Waals surface area (Å²) in [6.45, 7) is 2.11. The third-order valence-electron chi connectivity index (χ3n) is 5.79. The second-order valence-electron chi connectivity index (χ2n) is 7.61. The number of hydrogen-bond acceptors (Lipinski definition) is 3. The summed E-state index contributed by atoms with van der Waals surface area (Å²) in [4.78, 5) is 17.8. The maximum atomic E-state index is 13.2. The van der Waals surface area contributed by atoms with E-state index in [1.807, 2.05) is 30.3 Å². The van der Waals surface area contributed by atoms with Gasteiger partial charge in [-0.3, -0.25) is 4.79 Å². The normalized spacial score (nSPS) is 13.0. The predicted octanol–water partition coefficient (Wildman–Crippen LogP) is 5.55. The van der Waals surface area contributed by atoms with Gasteiger partial charge in [0.2, 0.25) is 5.88 Å². The summed E-state index contributed by atoms with van der Waals surface area (Å²) in [5.41, 5.74) is 8.10. The summed E-state index contributed by atoms with van der Waals surface area (Å²) in [6.07, 6.45) is 1.83. The first kappa shape index (κ1) is 17.6. The van der Waals surface area contributed by atoms with E-state index in [2.05, 4.69) is 48.3 Å². The number of methoxy groups -OCH3 is 1. The smallest absolute Gasteiger partial charge is 0.214 e. The molecule has 0 saturated heterocycles. The maximum Gasteiger partial charge on any atom is 0.214 e. The first-order chi connectivity index (χ1) is 14.1. The molecule has 1 aliphatic rings. The number of rotatable bonds is 1. The molecule has 3 aromatic carbocycles. The van der Waals surface area contributed by atoms with E-state index in [9.17, 15) is 4.79 Å². The quantitative estimate of drug-likeness (QED) is 0.435. The highest BCUT2D eigenvalue weighted by atomic mass is 16.5. The molecule has 0 saturated carbocycles. The molecule has 1 aromatic heterocycles. The number of aryl methyl sites for hydroxylation is 3. The Morgan fingerprint density at radius 1 is 0.862 bits per heavy atom. The van der Waals surface area contributed by atoms with Gasteiger partial charge in [0.15, 0.2) is 5.78 Å². The van der Waals surface area contributed by atoms with Gasteiger partial charge in [0, 0.05) is 22.6 Å². The number of pyridine rings is 1. The van der Waals surface area contributed by atoms with Crippen LogP contribution in [0.3, 0.4) is 0 Å². The van der Waals surface area contributed by atoms with Crippen molar-refractivity contribution in [1.82, 2.24) is 4.98 Å². The Morgan fingerprint density at radius 3 is 2.55 bits per heavy atom. The van der Waals surface area contributed by atoms with Crippen molar-refractivity contribution in [3.05, 3.63) is 94.5 Å². The van der Waals surface area contributed by atoms with E-state index in [1.165, 1.54) is 16.7 Å². The lowest BCUT2D eigenvalue weighted by Gasteiger charge is -2.11. The highest BCUT2D eigenvalue weighted by Gasteiger charge is 2.16. The van der Waals surface area contributed by atoms with Crippen LogP contribution < -0.4 is 4.74 Å². The maximum absolute atomic E-state index is 13.2. The van der Waals surface area contributed by atoms with Gasteiger partial charge in [-0.1, -0.05) is 36.4 Å². The van der Waals surface area contributed by atoms with Crippen LogP contribution >= 0.6 is 0 Å². The van der Waals surface area contributed by atoms with E-state index < -0.39 is 0 Å². The van der Waals surface area contributed by atoms with E-state index in [0.29, 0.717) is 11.4 Å². The third-order valence-corrected chi connectivity index (χ3v) is 5.79. The second-order valence-corrected chi connectivity index (χ2v) is 7.61. The molecular formula is C26H21NO2. The Kier molecular flexibility index (Phi) is 4.17. The molecule has 6 bridgehead atoms. The number of ether oxygens (including phenoxy) is 1. The molecule has 0 unspecified atom stereocenters. The van der Waals surface area contributed by atoms with Crippen molar-refractivity contribution in [2.24, 2.45) is 0 Å². The summed E-state index contributed by atoms with van der Waals surface area (Å²) in [7, 11) is 1.63. The van der Waals surface area contributed by atoms with Crippen molar-refractivity contribution in [3.8, 4) is 17.0 Å². The van der Waals surface area contributed by atoms with Crippen LogP contribution in [0.25, 0.3) is 22.0 Å². The minimum Gasteiger partial charge on any atom is -0.481 e. The third kappa shape index (κ3) is 3.09. The topological polar surface area (TPSA) is 39.2 Å². The molecule has 1 heterocycles. The van der Waals surface area contributed by atoms with Crippen LogP contribution in [0.15, 0.2) is 66.7 Å². The van der Waals surface area contributed by atoms with Crippen LogP contribution in [0.4, 0.5) is 0 Å². The number of hydrogen-bond donors (Lipinski definition) is 0. The standard InChI is InChI=1S/C26H21NO2/c1-16-6-8-20-13-18(16)9-7-17-4-3-5-19(12-17)22-15-25(29-2)27-24-11-10-21(26(20)28)14-23(22)24/h3-6,8,10-15H,7,9H2,1-2H3. The van der Waals surface area contributed by atoms with Crippen molar-refractivity contribution < 1.29 is 9.53 Å². The number of aromatic nitrogens is 1. The largest absolute Gasteiger partial charge is 0.481 e. The molecule has 0 fully saturated rings. The summed E-state index contributed by atoms with van der Waals surface area (Å²) < 4.78 is 5.44. The van der Waals surface area contributed by atoms with Gasteiger partial charge in [-0.05, 0) is 71.8 Å². The molecule has 0 radical (unpaired) electrons. The summed E-state index contributed by atoms with van der Waals surface area (Å²) in [6, 6.07) is 22.3. The lowest BCUT2D eigenvalue weighted by atomic mass is 9.95. The Labute approximate surface area is 170 Å². The molecule has 1 aliphatic carbocycles. The van der Waals surface area contributed by atoms with E-state index in [4.69, 9.17) is 4.74 Å². The zero-order valence-electron chi connectivity index (χ0n) is 16.5. The zero-order valence-corrected chi connectivity index (χ0v) is 16.5. The fraction of sp³-hybridized carbons (Fsp3) is 0.154. The molecule has 0 N–H and O–H groups in total. The fourth-order valence-corrected chi connectivity index (χ4v) is 4.11. The van der Waals surface area contributed by atoms with E-state index in [1.54, 1.807) is 7.11 Å². The molecule has 5 rings (SSSR count). The number of carbonyl (C=O) groups excluding carboxylic acids is 1. The number of fused-ring (bicyclic) bond motifs is 6. The van der Waals surface area contributed by atoms with Crippen molar-refractivity contribution >= 4 is 16.7 Å². The Balaban J connectivity index is 1.83. The van der Waals surface area contributed by atoms with Gasteiger partial charge in [-0.15, -0.1) is 0 Å². The van der Waals surface area contributed by atoms with Crippen molar-refractivity contribution in [2.45, 2.75) is 19.8 Å². The molecule has 3 nitrogen and oxygen atoms in total. The summed E-state index contributed by atoms with van der Waals surface area (Å²) in [5.74, 6) is 0.615. The number of benzene rings is 3. The van der Waals surface area contributed by atoms with Crippen LogP contribution in [0.2, 0.25) is 0 Å². The highest BCUT2D eigenvalue weighted by Crippen LogP contribution is 2.33. The predicted molar refractivity (Wildman–Crippen MR) is 116 cm³/mol. The van der Waals surface area contributed by atoms with Crippen LogP contribution in [0, 0.1) is 6.92 Å². The number of nitrogens with zero attached hydrogens (tertiary/aromatic N) is 1. The van der Waals surface area contributed by atoms with Crippen LogP contribution in [0.5, 0.6) is 5.88 Å².